The standard InChI is InChI=1S/C7H14O2/c1-3-6(8)5-4-7(5)9-2/h5-8H,3-4H2,1-2H3. The molecule has 0 heterocycles. The Morgan fingerprint density at radius 3 is 2.78 bits per heavy atom. The molecule has 2 nitrogen and oxygen atoms in total. The van der Waals surface area contributed by atoms with E-state index >= 15 is 0 Å². The van der Waals surface area contributed by atoms with Crippen LogP contribution in [0.2, 0.25) is 0 Å². The van der Waals surface area contributed by atoms with Crippen LogP contribution in [0.4, 0.5) is 0 Å². The van der Waals surface area contributed by atoms with Gasteiger partial charge in [-0.1, -0.05) is 6.92 Å². The number of methoxy groups -OCH3 is 1. The molecule has 1 aliphatic rings. The molecule has 1 rings (SSSR count). The van der Waals surface area contributed by atoms with Gasteiger partial charge in [0.25, 0.3) is 0 Å². The first-order chi connectivity index (χ1) is 4.29. The SMILES string of the molecule is CCC(O)C1CC1OC. The highest BCUT2D eigenvalue weighted by Crippen LogP contribution is 2.37. The van der Waals surface area contributed by atoms with Gasteiger partial charge in [-0.05, 0) is 12.8 Å². The second kappa shape index (κ2) is 2.67. The van der Waals surface area contributed by atoms with E-state index in [4.69, 9.17) is 4.74 Å². The van der Waals surface area contributed by atoms with Crippen molar-refractivity contribution in [3.8, 4) is 0 Å². The lowest BCUT2D eigenvalue weighted by Gasteiger charge is -2.04. The fourth-order valence-corrected chi connectivity index (χ4v) is 1.17. The van der Waals surface area contributed by atoms with E-state index in [-0.39, 0.29) is 6.10 Å². The molecule has 0 spiro atoms. The monoisotopic (exact) mass is 130 g/mol. The predicted molar refractivity (Wildman–Crippen MR) is 35.2 cm³/mol. The van der Waals surface area contributed by atoms with Crippen molar-refractivity contribution < 1.29 is 9.84 Å². The fraction of sp³-hybridized carbons (Fsp3) is 1.00. The van der Waals surface area contributed by atoms with Crippen molar-refractivity contribution >= 4 is 0 Å². The molecule has 3 atom stereocenters. The summed E-state index contributed by atoms with van der Waals surface area (Å²) >= 11 is 0. The molecule has 1 saturated carbocycles. The smallest absolute Gasteiger partial charge is 0.0629 e. The fourth-order valence-electron chi connectivity index (χ4n) is 1.17. The highest BCUT2D eigenvalue weighted by molar-refractivity contribution is 4.91. The van der Waals surface area contributed by atoms with Gasteiger partial charge in [0, 0.05) is 13.0 Å². The molecule has 3 unspecified atom stereocenters. The highest BCUT2D eigenvalue weighted by atomic mass is 16.5. The van der Waals surface area contributed by atoms with Crippen LogP contribution in [0.3, 0.4) is 0 Å². The molecular formula is C7H14O2. The minimum absolute atomic E-state index is 0.130. The number of hydrogen-bond acceptors (Lipinski definition) is 2. The van der Waals surface area contributed by atoms with Crippen LogP contribution in [-0.2, 0) is 4.74 Å². The van der Waals surface area contributed by atoms with Crippen molar-refractivity contribution in [2.45, 2.75) is 32.0 Å². The lowest BCUT2D eigenvalue weighted by Crippen LogP contribution is -2.10. The average Bonchev–Trinajstić information content (AvgIpc) is 2.64. The Morgan fingerprint density at radius 2 is 2.44 bits per heavy atom. The maximum absolute atomic E-state index is 9.22. The summed E-state index contributed by atoms with van der Waals surface area (Å²) in [7, 11) is 1.70. The Bertz CT molecular complexity index is 92.9. The van der Waals surface area contributed by atoms with Crippen LogP contribution >= 0.6 is 0 Å². The van der Waals surface area contributed by atoms with Gasteiger partial charge in [-0.25, -0.2) is 0 Å². The molecule has 2 heteroatoms. The van der Waals surface area contributed by atoms with Crippen LogP contribution in [0.25, 0.3) is 0 Å². The van der Waals surface area contributed by atoms with Crippen LogP contribution in [0.5, 0.6) is 0 Å². The van der Waals surface area contributed by atoms with Crippen LogP contribution < -0.4 is 0 Å². The normalized spacial score (nSPS) is 36.3. The molecule has 0 aromatic carbocycles. The summed E-state index contributed by atoms with van der Waals surface area (Å²) in [6.45, 7) is 2.00. The first-order valence-electron chi connectivity index (χ1n) is 3.50. The zero-order valence-corrected chi connectivity index (χ0v) is 6.00. The molecule has 0 bridgehead atoms. The van der Waals surface area contributed by atoms with E-state index in [1.807, 2.05) is 6.92 Å². The largest absolute Gasteiger partial charge is 0.393 e. The van der Waals surface area contributed by atoms with E-state index in [9.17, 15) is 5.11 Å². The summed E-state index contributed by atoms with van der Waals surface area (Å²) < 4.78 is 5.04. The number of aliphatic hydroxyl groups excluding tert-OH is 1. The Balaban J connectivity index is 2.17. The molecule has 0 saturated heterocycles. The average molecular weight is 130 g/mol. The van der Waals surface area contributed by atoms with Gasteiger partial charge in [-0.15, -0.1) is 0 Å². The molecule has 54 valence electrons. The van der Waals surface area contributed by atoms with Crippen molar-refractivity contribution in [2.24, 2.45) is 5.92 Å². The summed E-state index contributed by atoms with van der Waals surface area (Å²) in [5, 5.41) is 9.22. The topological polar surface area (TPSA) is 29.5 Å². The summed E-state index contributed by atoms with van der Waals surface area (Å²) in [6.07, 6.45) is 2.12. The van der Waals surface area contributed by atoms with Crippen LogP contribution in [0, 0.1) is 5.92 Å². The van der Waals surface area contributed by atoms with Crippen molar-refractivity contribution in [1.29, 1.82) is 0 Å². The molecule has 9 heavy (non-hydrogen) atoms. The second-order valence-corrected chi connectivity index (χ2v) is 2.65. The van der Waals surface area contributed by atoms with E-state index in [0.29, 0.717) is 12.0 Å². The van der Waals surface area contributed by atoms with Gasteiger partial charge < -0.3 is 9.84 Å². The predicted octanol–water partition coefficient (Wildman–Crippen LogP) is 0.792. The van der Waals surface area contributed by atoms with Gasteiger partial charge in [0.15, 0.2) is 0 Å². The van der Waals surface area contributed by atoms with E-state index in [1.54, 1.807) is 7.11 Å². The Hall–Kier alpha value is -0.0800. The Labute approximate surface area is 55.8 Å². The minimum Gasteiger partial charge on any atom is -0.393 e. The minimum atomic E-state index is -0.130. The molecule has 0 aromatic heterocycles. The molecule has 1 N–H and O–H groups in total. The lowest BCUT2D eigenvalue weighted by molar-refractivity contribution is 0.0990. The quantitative estimate of drug-likeness (QED) is 0.612. The van der Waals surface area contributed by atoms with Gasteiger partial charge in [-0.3, -0.25) is 0 Å². The van der Waals surface area contributed by atoms with Gasteiger partial charge in [-0.2, -0.15) is 0 Å². The molecule has 1 aliphatic carbocycles. The van der Waals surface area contributed by atoms with E-state index in [1.165, 1.54) is 0 Å². The van der Waals surface area contributed by atoms with E-state index in [0.717, 1.165) is 12.8 Å². The summed E-state index contributed by atoms with van der Waals surface area (Å²) in [6, 6.07) is 0. The van der Waals surface area contributed by atoms with Crippen LogP contribution in [-0.4, -0.2) is 24.4 Å². The van der Waals surface area contributed by atoms with Crippen molar-refractivity contribution in [3.05, 3.63) is 0 Å². The van der Waals surface area contributed by atoms with Gasteiger partial charge >= 0.3 is 0 Å². The third-order valence-electron chi connectivity index (χ3n) is 1.99. The van der Waals surface area contributed by atoms with Crippen LogP contribution in [0.1, 0.15) is 19.8 Å². The first kappa shape index (κ1) is 7.03. The van der Waals surface area contributed by atoms with E-state index < -0.39 is 0 Å². The lowest BCUT2D eigenvalue weighted by atomic mass is 10.2. The maximum Gasteiger partial charge on any atom is 0.0629 e. The summed E-state index contributed by atoms with van der Waals surface area (Å²) in [4.78, 5) is 0. The molecule has 0 aliphatic heterocycles. The maximum atomic E-state index is 9.22. The third kappa shape index (κ3) is 1.43. The number of rotatable bonds is 3. The van der Waals surface area contributed by atoms with Crippen molar-refractivity contribution in [2.75, 3.05) is 7.11 Å². The Morgan fingerprint density at radius 1 is 1.78 bits per heavy atom. The number of aliphatic hydroxyl groups is 1. The molecule has 0 amide bonds. The highest BCUT2D eigenvalue weighted by Gasteiger charge is 2.41. The molecular weight excluding hydrogens is 116 g/mol. The third-order valence-corrected chi connectivity index (χ3v) is 1.99. The van der Waals surface area contributed by atoms with E-state index in [2.05, 4.69) is 0 Å². The molecule has 0 radical (unpaired) electrons. The van der Waals surface area contributed by atoms with Crippen molar-refractivity contribution in [1.82, 2.24) is 0 Å². The summed E-state index contributed by atoms with van der Waals surface area (Å²) in [5.41, 5.74) is 0. The second-order valence-electron chi connectivity index (χ2n) is 2.65. The van der Waals surface area contributed by atoms with Crippen molar-refractivity contribution in [3.63, 3.8) is 0 Å². The van der Waals surface area contributed by atoms with Gasteiger partial charge in [0.05, 0.1) is 12.2 Å². The van der Waals surface area contributed by atoms with Gasteiger partial charge in [0.2, 0.25) is 0 Å². The first-order valence-corrected chi connectivity index (χ1v) is 3.50. The molecule has 0 aromatic rings. The zero-order chi connectivity index (χ0) is 6.85. The van der Waals surface area contributed by atoms with Gasteiger partial charge in [0.1, 0.15) is 0 Å². The molecule has 1 fully saturated rings. The Kier molecular flexibility index (Phi) is 2.09. The summed E-state index contributed by atoms with van der Waals surface area (Å²) in [5.74, 6) is 0.431. The number of hydrogen-bond donors (Lipinski definition) is 1. The van der Waals surface area contributed by atoms with Crippen LogP contribution in [0.15, 0.2) is 0 Å². The number of ether oxygens (including phenoxy) is 1. The zero-order valence-electron chi connectivity index (χ0n) is 6.00.